The summed E-state index contributed by atoms with van der Waals surface area (Å²) in [7, 11) is 1.69. The maximum Gasteiger partial charge on any atom is 0.313 e. The Bertz CT molecular complexity index is 393. The molecule has 6 heteroatoms. The lowest BCUT2D eigenvalue weighted by Gasteiger charge is -2.15. The summed E-state index contributed by atoms with van der Waals surface area (Å²) in [6.07, 6.45) is 2.71. The number of hydrogen-bond acceptors (Lipinski definition) is 4. The van der Waals surface area contributed by atoms with Gasteiger partial charge in [0.1, 0.15) is 0 Å². The first kappa shape index (κ1) is 15.0. The number of hydrogen-bond donors (Lipinski definition) is 1. The van der Waals surface area contributed by atoms with E-state index in [2.05, 4.69) is 23.4 Å². The van der Waals surface area contributed by atoms with Gasteiger partial charge >= 0.3 is 5.97 Å². The molecule has 0 aliphatic heterocycles. The molecule has 1 heterocycles. The van der Waals surface area contributed by atoms with Gasteiger partial charge in [0.15, 0.2) is 5.16 Å². The summed E-state index contributed by atoms with van der Waals surface area (Å²) in [5.74, 6) is -0.407. The second kappa shape index (κ2) is 7.43. The van der Waals surface area contributed by atoms with Crippen LogP contribution in [0.15, 0.2) is 11.4 Å². The van der Waals surface area contributed by atoms with Crippen molar-refractivity contribution in [3.05, 3.63) is 11.9 Å². The predicted molar refractivity (Wildman–Crippen MR) is 71.0 cm³/mol. The van der Waals surface area contributed by atoms with Gasteiger partial charge in [-0.1, -0.05) is 25.6 Å². The van der Waals surface area contributed by atoms with Crippen molar-refractivity contribution in [2.75, 3.05) is 19.5 Å². The first-order valence-corrected chi connectivity index (χ1v) is 6.95. The minimum Gasteiger partial charge on any atom is -0.481 e. The highest BCUT2D eigenvalue weighted by Gasteiger charge is 2.13. The van der Waals surface area contributed by atoms with Crippen LogP contribution < -0.4 is 0 Å². The number of carbonyl (C=O) groups is 1. The van der Waals surface area contributed by atoms with Gasteiger partial charge in [0.05, 0.1) is 12.4 Å². The van der Waals surface area contributed by atoms with Crippen molar-refractivity contribution in [3.63, 3.8) is 0 Å². The number of imidazole rings is 1. The summed E-state index contributed by atoms with van der Waals surface area (Å²) >= 11 is 1.26. The molecule has 0 bridgehead atoms. The summed E-state index contributed by atoms with van der Waals surface area (Å²) in [6, 6.07) is 0. The molecule has 1 rings (SSSR count). The molecule has 102 valence electrons. The number of aromatic nitrogens is 2. The Balaban J connectivity index is 2.77. The number of carboxylic acids is 1. The standard InChI is InChI=1S/C12H20N2O3S/c1-4-10-5-13-12(18-8-11(15)16)14(10)6-9(2)7-17-3/h5,9H,4,6-8H2,1-3H3,(H,15,16). The Morgan fingerprint density at radius 3 is 2.94 bits per heavy atom. The number of methoxy groups -OCH3 is 1. The van der Waals surface area contributed by atoms with Crippen LogP contribution in [0.1, 0.15) is 19.5 Å². The van der Waals surface area contributed by atoms with Gasteiger partial charge in [-0.15, -0.1) is 0 Å². The van der Waals surface area contributed by atoms with Crippen LogP contribution in [0.4, 0.5) is 0 Å². The van der Waals surface area contributed by atoms with Gasteiger partial charge in [0.2, 0.25) is 0 Å². The fourth-order valence-electron chi connectivity index (χ4n) is 1.76. The molecule has 0 aromatic carbocycles. The van der Waals surface area contributed by atoms with E-state index in [1.54, 1.807) is 7.11 Å². The van der Waals surface area contributed by atoms with Gasteiger partial charge in [-0.25, -0.2) is 4.98 Å². The summed E-state index contributed by atoms with van der Waals surface area (Å²) < 4.78 is 7.22. The Labute approximate surface area is 112 Å². The Hall–Kier alpha value is -1.01. The SMILES string of the molecule is CCc1cnc(SCC(=O)O)n1CC(C)COC. The molecule has 1 N–H and O–H groups in total. The molecule has 1 aromatic heterocycles. The summed E-state index contributed by atoms with van der Waals surface area (Å²) in [5, 5.41) is 9.49. The molecule has 0 saturated heterocycles. The molecule has 0 aliphatic rings. The Kier molecular flexibility index (Phi) is 6.21. The fraction of sp³-hybridized carbons (Fsp3) is 0.667. The molecule has 5 nitrogen and oxygen atoms in total. The largest absolute Gasteiger partial charge is 0.481 e. The van der Waals surface area contributed by atoms with Crippen LogP contribution >= 0.6 is 11.8 Å². The number of carboxylic acid groups (broad SMARTS) is 1. The molecule has 1 unspecified atom stereocenters. The highest BCUT2D eigenvalue weighted by Crippen LogP contribution is 2.20. The van der Waals surface area contributed by atoms with Crippen molar-refractivity contribution in [1.29, 1.82) is 0 Å². The van der Waals surface area contributed by atoms with Crippen molar-refractivity contribution in [2.45, 2.75) is 32.0 Å². The second-order valence-corrected chi connectivity index (χ2v) is 5.18. The van der Waals surface area contributed by atoms with Crippen LogP contribution in [0, 0.1) is 5.92 Å². The van der Waals surface area contributed by atoms with Crippen molar-refractivity contribution < 1.29 is 14.6 Å². The van der Waals surface area contributed by atoms with E-state index in [-0.39, 0.29) is 5.75 Å². The van der Waals surface area contributed by atoms with E-state index in [0.29, 0.717) is 12.5 Å². The van der Waals surface area contributed by atoms with Gasteiger partial charge in [0.25, 0.3) is 0 Å². The smallest absolute Gasteiger partial charge is 0.313 e. The van der Waals surface area contributed by atoms with E-state index in [4.69, 9.17) is 9.84 Å². The van der Waals surface area contributed by atoms with Gasteiger partial charge in [-0.2, -0.15) is 0 Å². The topological polar surface area (TPSA) is 64.3 Å². The van der Waals surface area contributed by atoms with E-state index in [0.717, 1.165) is 23.8 Å². The van der Waals surface area contributed by atoms with Gasteiger partial charge in [-0.05, 0) is 12.3 Å². The summed E-state index contributed by atoms with van der Waals surface area (Å²) in [4.78, 5) is 14.9. The molecule has 18 heavy (non-hydrogen) atoms. The first-order valence-electron chi connectivity index (χ1n) is 5.96. The molecular weight excluding hydrogens is 252 g/mol. The number of aryl methyl sites for hydroxylation is 1. The van der Waals surface area contributed by atoms with Gasteiger partial charge < -0.3 is 14.4 Å². The molecule has 0 spiro atoms. The van der Waals surface area contributed by atoms with Crippen molar-refractivity contribution in [1.82, 2.24) is 9.55 Å². The predicted octanol–water partition coefficient (Wildman–Crippen LogP) is 1.90. The third-order valence-corrected chi connectivity index (χ3v) is 3.51. The lowest BCUT2D eigenvalue weighted by atomic mass is 10.2. The third kappa shape index (κ3) is 4.34. The average molecular weight is 272 g/mol. The maximum absolute atomic E-state index is 10.6. The van der Waals surface area contributed by atoms with E-state index < -0.39 is 5.97 Å². The lowest BCUT2D eigenvalue weighted by Crippen LogP contribution is -2.15. The molecular formula is C12H20N2O3S. The van der Waals surface area contributed by atoms with Crippen LogP contribution in [-0.4, -0.2) is 40.1 Å². The van der Waals surface area contributed by atoms with Crippen LogP contribution in [0.2, 0.25) is 0 Å². The van der Waals surface area contributed by atoms with Crippen LogP contribution in [-0.2, 0) is 22.5 Å². The molecule has 1 aromatic rings. The van der Waals surface area contributed by atoms with E-state index in [1.165, 1.54) is 11.8 Å². The van der Waals surface area contributed by atoms with Gasteiger partial charge in [-0.3, -0.25) is 4.79 Å². The second-order valence-electron chi connectivity index (χ2n) is 4.24. The van der Waals surface area contributed by atoms with Crippen LogP contribution in [0.5, 0.6) is 0 Å². The number of nitrogens with zero attached hydrogens (tertiary/aromatic N) is 2. The fourth-order valence-corrected chi connectivity index (χ4v) is 2.49. The number of aliphatic carboxylic acids is 1. The van der Waals surface area contributed by atoms with Crippen molar-refractivity contribution in [3.8, 4) is 0 Å². The van der Waals surface area contributed by atoms with Crippen molar-refractivity contribution in [2.24, 2.45) is 5.92 Å². The minimum absolute atomic E-state index is 0.0405. The van der Waals surface area contributed by atoms with E-state index in [1.807, 2.05) is 6.20 Å². The quantitative estimate of drug-likeness (QED) is 0.732. The van der Waals surface area contributed by atoms with E-state index in [9.17, 15) is 4.79 Å². The zero-order valence-corrected chi connectivity index (χ0v) is 11.9. The van der Waals surface area contributed by atoms with Crippen molar-refractivity contribution >= 4 is 17.7 Å². The normalized spacial score (nSPS) is 12.6. The van der Waals surface area contributed by atoms with Crippen LogP contribution in [0.3, 0.4) is 0 Å². The Morgan fingerprint density at radius 2 is 2.39 bits per heavy atom. The van der Waals surface area contributed by atoms with Gasteiger partial charge in [0, 0.05) is 25.5 Å². The lowest BCUT2D eigenvalue weighted by molar-refractivity contribution is -0.133. The molecule has 0 radical (unpaired) electrons. The molecule has 0 aliphatic carbocycles. The molecule has 0 fully saturated rings. The third-order valence-electron chi connectivity index (χ3n) is 2.53. The molecule has 0 saturated carbocycles. The first-order chi connectivity index (χ1) is 8.58. The van der Waals surface area contributed by atoms with Crippen LogP contribution in [0.25, 0.3) is 0 Å². The maximum atomic E-state index is 10.6. The molecule has 0 amide bonds. The highest BCUT2D eigenvalue weighted by atomic mass is 32.2. The zero-order valence-electron chi connectivity index (χ0n) is 11.0. The molecule has 1 atom stereocenters. The average Bonchev–Trinajstić information content (AvgIpc) is 2.69. The highest BCUT2D eigenvalue weighted by molar-refractivity contribution is 7.99. The monoisotopic (exact) mass is 272 g/mol. The summed E-state index contributed by atoms with van der Waals surface area (Å²) in [6.45, 7) is 5.66. The number of rotatable bonds is 8. The minimum atomic E-state index is -0.822. The Morgan fingerprint density at radius 1 is 1.67 bits per heavy atom. The summed E-state index contributed by atoms with van der Waals surface area (Å²) in [5.41, 5.74) is 1.13. The number of thioether (sulfide) groups is 1. The van der Waals surface area contributed by atoms with E-state index >= 15 is 0 Å². The zero-order chi connectivity index (χ0) is 13.5. The number of ether oxygens (including phenoxy) is 1.